The van der Waals surface area contributed by atoms with E-state index in [1.165, 1.54) is 0 Å². The minimum Gasteiger partial charge on any atom is -0.392 e. The van der Waals surface area contributed by atoms with Crippen molar-refractivity contribution in [2.24, 2.45) is 0 Å². The molecule has 0 amide bonds. The summed E-state index contributed by atoms with van der Waals surface area (Å²) in [4.78, 5) is 0. The van der Waals surface area contributed by atoms with Gasteiger partial charge in [0, 0.05) is 17.4 Å². The Labute approximate surface area is 65.5 Å². The highest BCUT2D eigenvalue weighted by Crippen LogP contribution is 1.95. The van der Waals surface area contributed by atoms with Crippen LogP contribution in [0.4, 0.5) is 0 Å². The molecule has 0 unspecified atom stereocenters. The molecule has 1 aromatic carbocycles. The SMILES string of the molecule is OCc1ccccc1.[Al]. The van der Waals surface area contributed by atoms with Gasteiger partial charge in [-0.05, 0) is 5.56 Å². The molecule has 9 heavy (non-hydrogen) atoms. The third-order valence-electron chi connectivity index (χ3n) is 1.03. The average Bonchev–Trinajstić information content (AvgIpc) is 1.90. The van der Waals surface area contributed by atoms with Gasteiger partial charge in [0.25, 0.3) is 0 Å². The Balaban J connectivity index is 0.000000640. The molecule has 3 radical (unpaired) electrons. The van der Waals surface area contributed by atoms with Crippen molar-refractivity contribution < 1.29 is 5.11 Å². The summed E-state index contributed by atoms with van der Waals surface area (Å²) in [5.41, 5.74) is 0.965. The number of aliphatic hydroxyl groups excluding tert-OH is 1. The fraction of sp³-hybridized carbons (Fsp3) is 0.143. The van der Waals surface area contributed by atoms with E-state index in [-0.39, 0.29) is 24.0 Å². The summed E-state index contributed by atoms with van der Waals surface area (Å²) in [6.45, 7) is 0.140. The van der Waals surface area contributed by atoms with Crippen molar-refractivity contribution in [3.8, 4) is 0 Å². The molecule has 0 aliphatic rings. The quantitative estimate of drug-likeness (QED) is 0.564. The van der Waals surface area contributed by atoms with Gasteiger partial charge in [0.05, 0.1) is 6.61 Å². The van der Waals surface area contributed by atoms with Crippen LogP contribution in [0, 0.1) is 0 Å². The Morgan fingerprint density at radius 3 is 2.00 bits per heavy atom. The highest BCUT2D eigenvalue weighted by molar-refractivity contribution is 5.75. The molecule has 0 atom stereocenters. The second-order valence-corrected chi connectivity index (χ2v) is 1.64. The van der Waals surface area contributed by atoms with Gasteiger partial charge >= 0.3 is 0 Å². The number of hydrogen-bond acceptors (Lipinski definition) is 1. The van der Waals surface area contributed by atoms with Gasteiger partial charge in [-0.3, -0.25) is 0 Å². The normalized spacial score (nSPS) is 8.11. The first-order valence-electron chi connectivity index (χ1n) is 2.58. The highest BCUT2D eigenvalue weighted by atomic mass is 27.0. The van der Waals surface area contributed by atoms with Crippen LogP contribution in [-0.4, -0.2) is 22.5 Å². The topological polar surface area (TPSA) is 20.2 Å². The van der Waals surface area contributed by atoms with Gasteiger partial charge < -0.3 is 5.11 Å². The Morgan fingerprint density at radius 1 is 1.11 bits per heavy atom. The van der Waals surface area contributed by atoms with Crippen LogP contribution < -0.4 is 0 Å². The molecule has 0 saturated carbocycles. The van der Waals surface area contributed by atoms with E-state index in [0.717, 1.165) is 5.56 Å². The molecule has 0 spiro atoms. The molecule has 1 nitrogen and oxygen atoms in total. The van der Waals surface area contributed by atoms with E-state index in [1.807, 2.05) is 30.3 Å². The molecule has 0 heterocycles. The van der Waals surface area contributed by atoms with Gasteiger partial charge in [-0.25, -0.2) is 0 Å². The summed E-state index contributed by atoms with van der Waals surface area (Å²) < 4.78 is 0. The van der Waals surface area contributed by atoms with E-state index < -0.39 is 0 Å². The molecule has 1 rings (SSSR count). The smallest absolute Gasteiger partial charge is 0.0681 e. The molecule has 0 saturated heterocycles. The van der Waals surface area contributed by atoms with E-state index in [2.05, 4.69) is 0 Å². The van der Waals surface area contributed by atoms with Gasteiger partial charge in [-0.2, -0.15) is 0 Å². The van der Waals surface area contributed by atoms with E-state index in [0.29, 0.717) is 0 Å². The zero-order chi connectivity index (χ0) is 5.82. The van der Waals surface area contributed by atoms with Crippen LogP contribution in [0.25, 0.3) is 0 Å². The molecule has 1 N–H and O–H groups in total. The molecular weight excluding hydrogens is 127 g/mol. The molecule has 0 bridgehead atoms. The number of aliphatic hydroxyl groups is 1. The Bertz CT molecular complexity index is 150. The molecule has 0 fully saturated rings. The lowest BCUT2D eigenvalue weighted by Gasteiger charge is -1.89. The van der Waals surface area contributed by atoms with Crippen molar-refractivity contribution in [1.29, 1.82) is 0 Å². The molecular formula is C7H8AlO. The highest BCUT2D eigenvalue weighted by Gasteiger charge is 1.81. The van der Waals surface area contributed by atoms with Crippen LogP contribution in [0.1, 0.15) is 5.56 Å². The van der Waals surface area contributed by atoms with E-state index >= 15 is 0 Å². The lowest BCUT2D eigenvalue weighted by Crippen LogP contribution is -1.77. The fourth-order valence-corrected chi connectivity index (χ4v) is 0.583. The van der Waals surface area contributed by atoms with Crippen LogP contribution in [-0.2, 0) is 6.61 Å². The van der Waals surface area contributed by atoms with Crippen molar-refractivity contribution in [3.63, 3.8) is 0 Å². The molecule has 0 aliphatic heterocycles. The van der Waals surface area contributed by atoms with E-state index in [4.69, 9.17) is 5.11 Å². The van der Waals surface area contributed by atoms with Crippen molar-refractivity contribution in [2.45, 2.75) is 6.61 Å². The van der Waals surface area contributed by atoms with Crippen molar-refractivity contribution >= 4 is 17.4 Å². The molecule has 2 heteroatoms. The summed E-state index contributed by atoms with van der Waals surface area (Å²) in [6, 6.07) is 9.52. The molecule has 0 aliphatic carbocycles. The lowest BCUT2D eigenvalue weighted by atomic mass is 10.2. The summed E-state index contributed by atoms with van der Waals surface area (Å²) in [5.74, 6) is 0. The Morgan fingerprint density at radius 2 is 1.67 bits per heavy atom. The Kier molecular flexibility index (Phi) is 4.43. The standard InChI is InChI=1S/C7H8O.Al/c8-6-7-4-2-1-3-5-7;/h1-5,8H,6H2;. The first kappa shape index (κ1) is 8.71. The summed E-state index contributed by atoms with van der Waals surface area (Å²) >= 11 is 0. The maximum atomic E-state index is 8.54. The molecule has 45 valence electrons. The van der Waals surface area contributed by atoms with Crippen molar-refractivity contribution in [3.05, 3.63) is 35.9 Å². The van der Waals surface area contributed by atoms with Gasteiger partial charge in [-0.15, -0.1) is 0 Å². The first-order chi connectivity index (χ1) is 3.93. The maximum absolute atomic E-state index is 8.54. The van der Waals surface area contributed by atoms with Crippen molar-refractivity contribution in [1.82, 2.24) is 0 Å². The van der Waals surface area contributed by atoms with Gasteiger partial charge in [0.1, 0.15) is 0 Å². The fourth-order valence-electron chi connectivity index (χ4n) is 0.583. The first-order valence-corrected chi connectivity index (χ1v) is 2.58. The summed E-state index contributed by atoms with van der Waals surface area (Å²) in [7, 11) is 0. The third-order valence-corrected chi connectivity index (χ3v) is 1.03. The van der Waals surface area contributed by atoms with Crippen LogP contribution in [0.5, 0.6) is 0 Å². The average molecular weight is 135 g/mol. The Hall–Kier alpha value is -0.288. The van der Waals surface area contributed by atoms with E-state index in [1.54, 1.807) is 0 Å². The third kappa shape index (κ3) is 2.67. The minimum atomic E-state index is 0. The van der Waals surface area contributed by atoms with E-state index in [9.17, 15) is 0 Å². The lowest BCUT2D eigenvalue weighted by molar-refractivity contribution is 0.282. The monoisotopic (exact) mass is 135 g/mol. The second kappa shape index (κ2) is 4.58. The van der Waals surface area contributed by atoms with Gasteiger partial charge in [0.15, 0.2) is 0 Å². The molecule has 0 aromatic heterocycles. The largest absolute Gasteiger partial charge is 0.392 e. The predicted molar refractivity (Wildman–Crippen MR) is 38.1 cm³/mol. The predicted octanol–water partition coefficient (Wildman–Crippen LogP) is 0.798. The second-order valence-electron chi connectivity index (χ2n) is 1.64. The number of hydrogen-bond donors (Lipinski definition) is 1. The van der Waals surface area contributed by atoms with Crippen LogP contribution >= 0.6 is 0 Å². The summed E-state index contributed by atoms with van der Waals surface area (Å²) in [6.07, 6.45) is 0. The van der Waals surface area contributed by atoms with Crippen LogP contribution in [0.2, 0.25) is 0 Å². The maximum Gasteiger partial charge on any atom is 0.0681 e. The van der Waals surface area contributed by atoms with Gasteiger partial charge in [-0.1, -0.05) is 30.3 Å². The van der Waals surface area contributed by atoms with Crippen LogP contribution in [0.3, 0.4) is 0 Å². The number of rotatable bonds is 1. The van der Waals surface area contributed by atoms with Crippen LogP contribution in [0.15, 0.2) is 30.3 Å². The summed E-state index contributed by atoms with van der Waals surface area (Å²) in [5, 5.41) is 8.54. The zero-order valence-electron chi connectivity index (χ0n) is 5.12. The minimum absolute atomic E-state index is 0. The van der Waals surface area contributed by atoms with Gasteiger partial charge in [0.2, 0.25) is 0 Å². The number of benzene rings is 1. The molecule has 1 aromatic rings. The zero-order valence-corrected chi connectivity index (χ0v) is 6.27. The van der Waals surface area contributed by atoms with Crippen molar-refractivity contribution in [2.75, 3.05) is 0 Å².